The second kappa shape index (κ2) is 4.79. The van der Waals surface area contributed by atoms with Crippen molar-refractivity contribution in [2.45, 2.75) is 20.4 Å². The van der Waals surface area contributed by atoms with Crippen LogP contribution in [0.4, 0.5) is 0 Å². The fraction of sp³-hybridized carbons (Fsp3) is 0.286. The number of amides is 1. The molecule has 0 aliphatic rings. The average molecular weight is 258 g/mol. The summed E-state index contributed by atoms with van der Waals surface area (Å²) in [6.45, 7) is 3.70. The number of carbonyl (C=O) groups excluding carboxylic acids is 1. The zero-order valence-electron chi connectivity index (χ0n) is 10.4. The van der Waals surface area contributed by atoms with Crippen LogP contribution in [0.1, 0.15) is 19.4 Å². The number of fused-ring (bicyclic) bond motifs is 1. The SMILES string of the molecule is CC(C)(C#N)C(=O)NCc1csc2ccccc12. The van der Waals surface area contributed by atoms with E-state index in [-0.39, 0.29) is 5.91 Å². The summed E-state index contributed by atoms with van der Waals surface area (Å²) in [6.07, 6.45) is 0. The third-order valence-corrected chi connectivity index (χ3v) is 3.86. The molecule has 0 fully saturated rings. The molecule has 1 amide bonds. The average Bonchev–Trinajstić information content (AvgIpc) is 2.79. The highest BCUT2D eigenvalue weighted by atomic mass is 32.1. The number of nitrogens with zero attached hydrogens (tertiary/aromatic N) is 1. The largest absolute Gasteiger partial charge is 0.351 e. The van der Waals surface area contributed by atoms with Crippen molar-refractivity contribution >= 4 is 27.3 Å². The Labute approximate surface area is 110 Å². The van der Waals surface area contributed by atoms with Crippen LogP contribution in [0.2, 0.25) is 0 Å². The molecule has 0 aliphatic carbocycles. The van der Waals surface area contributed by atoms with Gasteiger partial charge in [-0.3, -0.25) is 4.79 Å². The zero-order valence-corrected chi connectivity index (χ0v) is 11.2. The van der Waals surface area contributed by atoms with E-state index in [1.807, 2.05) is 29.6 Å². The maximum Gasteiger partial charge on any atom is 0.240 e. The van der Waals surface area contributed by atoms with E-state index in [1.165, 1.54) is 4.70 Å². The zero-order chi connectivity index (χ0) is 13.2. The smallest absolute Gasteiger partial charge is 0.240 e. The van der Waals surface area contributed by atoms with Crippen molar-refractivity contribution in [3.8, 4) is 6.07 Å². The van der Waals surface area contributed by atoms with Gasteiger partial charge in [-0.1, -0.05) is 18.2 Å². The molecule has 1 heterocycles. The van der Waals surface area contributed by atoms with Gasteiger partial charge in [-0.25, -0.2) is 0 Å². The molecule has 1 aromatic carbocycles. The third-order valence-electron chi connectivity index (χ3n) is 2.85. The molecule has 0 spiro atoms. The molecule has 2 aromatic rings. The molecule has 18 heavy (non-hydrogen) atoms. The van der Waals surface area contributed by atoms with Crippen molar-refractivity contribution in [3.63, 3.8) is 0 Å². The molecule has 4 heteroatoms. The molecular weight excluding hydrogens is 244 g/mol. The van der Waals surface area contributed by atoms with Gasteiger partial charge in [-0.2, -0.15) is 5.26 Å². The molecule has 0 aliphatic heterocycles. The van der Waals surface area contributed by atoms with Gasteiger partial charge in [0.1, 0.15) is 5.41 Å². The minimum absolute atomic E-state index is 0.236. The molecule has 92 valence electrons. The number of rotatable bonds is 3. The Morgan fingerprint density at radius 1 is 1.44 bits per heavy atom. The van der Waals surface area contributed by atoms with E-state index in [9.17, 15) is 4.79 Å². The molecular formula is C14H14N2OS. The van der Waals surface area contributed by atoms with E-state index in [1.54, 1.807) is 25.2 Å². The van der Waals surface area contributed by atoms with Crippen LogP contribution in [-0.4, -0.2) is 5.91 Å². The highest BCUT2D eigenvalue weighted by molar-refractivity contribution is 7.17. The van der Waals surface area contributed by atoms with E-state index >= 15 is 0 Å². The monoisotopic (exact) mass is 258 g/mol. The van der Waals surface area contributed by atoms with E-state index in [4.69, 9.17) is 5.26 Å². The number of carbonyl (C=O) groups is 1. The topological polar surface area (TPSA) is 52.9 Å². The van der Waals surface area contributed by atoms with Crippen LogP contribution >= 0.6 is 11.3 Å². The predicted molar refractivity (Wildman–Crippen MR) is 73.1 cm³/mol. The lowest BCUT2D eigenvalue weighted by Crippen LogP contribution is -2.35. The van der Waals surface area contributed by atoms with E-state index in [0.29, 0.717) is 6.54 Å². The van der Waals surface area contributed by atoms with Gasteiger partial charge in [0.15, 0.2) is 0 Å². The van der Waals surface area contributed by atoms with Crippen molar-refractivity contribution in [2.24, 2.45) is 5.41 Å². The standard InChI is InChI=1S/C14H14N2OS/c1-14(2,9-15)13(17)16-7-10-8-18-12-6-4-3-5-11(10)12/h3-6,8H,7H2,1-2H3,(H,16,17). The number of thiophene rings is 1. The lowest BCUT2D eigenvalue weighted by Gasteiger charge is -2.14. The normalized spacial score (nSPS) is 11.2. The quantitative estimate of drug-likeness (QED) is 0.919. The Morgan fingerprint density at radius 3 is 2.89 bits per heavy atom. The van der Waals surface area contributed by atoms with Gasteiger partial charge in [0, 0.05) is 11.2 Å². The molecule has 0 atom stereocenters. The first kappa shape index (κ1) is 12.6. The number of nitriles is 1. The molecule has 0 saturated carbocycles. The van der Waals surface area contributed by atoms with Crippen molar-refractivity contribution in [2.75, 3.05) is 0 Å². The Morgan fingerprint density at radius 2 is 2.17 bits per heavy atom. The van der Waals surface area contributed by atoms with Crippen LogP contribution in [0.15, 0.2) is 29.6 Å². The van der Waals surface area contributed by atoms with Crippen LogP contribution in [0.25, 0.3) is 10.1 Å². The Kier molecular flexibility index (Phi) is 3.35. The van der Waals surface area contributed by atoms with Crippen LogP contribution < -0.4 is 5.32 Å². The minimum Gasteiger partial charge on any atom is -0.351 e. The maximum absolute atomic E-state index is 11.8. The van der Waals surface area contributed by atoms with E-state index < -0.39 is 5.41 Å². The predicted octanol–water partition coefficient (Wildman–Crippen LogP) is 3.07. The summed E-state index contributed by atoms with van der Waals surface area (Å²) in [4.78, 5) is 11.8. The molecule has 3 nitrogen and oxygen atoms in total. The van der Waals surface area contributed by atoms with Gasteiger partial charge < -0.3 is 5.32 Å². The van der Waals surface area contributed by atoms with Gasteiger partial charge in [-0.15, -0.1) is 11.3 Å². The molecule has 1 N–H and O–H groups in total. The summed E-state index contributed by atoms with van der Waals surface area (Å²) in [5.74, 6) is -0.236. The number of benzene rings is 1. The first-order chi connectivity index (χ1) is 8.54. The summed E-state index contributed by atoms with van der Waals surface area (Å²) in [5.41, 5.74) is 0.115. The highest BCUT2D eigenvalue weighted by Gasteiger charge is 2.26. The third kappa shape index (κ3) is 2.36. The Bertz CT molecular complexity index is 622. The first-order valence-electron chi connectivity index (χ1n) is 5.69. The second-order valence-electron chi connectivity index (χ2n) is 4.68. The van der Waals surface area contributed by atoms with Gasteiger partial charge in [-0.05, 0) is 36.2 Å². The second-order valence-corrected chi connectivity index (χ2v) is 5.59. The fourth-order valence-corrected chi connectivity index (χ4v) is 2.58. The van der Waals surface area contributed by atoms with Crippen LogP contribution in [0, 0.1) is 16.7 Å². The summed E-state index contributed by atoms with van der Waals surface area (Å²) in [5, 5.41) is 14.9. The van der Waals surface area contributed by atoms with Crippen LogP contribution in [0.3, 0.4) is 0 Å². The number of hydrogen-bond donors (Lipinski definition) is 1. The van der Waals surface area contributed by atoms with Gasteiger partial charge >= 0.3 is 0 Å². The fourth-order valence-electron chi connectivity index (χ4n) is 1.62. The molecule has 0 unspecified atom stereocenters. The Hall–Kier alpha value is -1.86. The van der Waals surface area contributed by atoms with Crippen LogP contribution in [-0.2, 0) is 11.3 Å². The van der Waals surface area contributed by atoms with Crippen molar-refractivity contribution in [1.29, 1.82) is 5.26 Å². The Balaban J connectivity index is 2.12. The number of hydrogen-bond acceptors (Lipinski definition) is 3. The van der Waals surface area contributed by atoms with Crippen molar-refractivity contribution in [1.82, 2.24) is 5.32 Å². The lowest BCUT2D eigenvalue weighted by atomic mass is 9.95. The minimum atomic E-state index is -0.980. The summed E-state index contributed by atoms with van der Waals surface area (Å²) >= 11 is 1.66. The summed E-state index contributed by atoms with van der Waals surface area (Å²) in [7, 11) is 0. The van der Waals surface area contributed by atoms with Gasteiger partial charge in [0.05, 0.1) is 6.07 Å². The van der Waals surface area contributed by atoms with E-state index in [2.05, 4.69) is 11.4 Å². The maximum atomic E-state index is 11.8. The molecule has 0 bridgehead atoms. The molecule has 1 aromatic heterocycles. The summed E-state index contributed by atoms with van der Waals surface area (Å²) < 4.78 is 1.21. The van der Waals surface area contributed by atoms with E-state index in [0.717, 1.165) is 10.9 Å². The van der Waals surface area contributed by atoms with Crippen molar-refractivity contribution in [3.05, 3.63) is 35.2 Å². The van der Waals surface area contributed by atoms with Gasteiger partial charge in [0.25, 0.3) is 0 Å². The summed E-state index contributed by atoms with van der Waals surface area (Å²) in [6, 6.07) is 10.1. The lowest BCUT2D eigenvalue weighted by molar-refractivity contribution is -0.126. The molecule has 0 radical (unpaired) electrons. The van der Waals surface area contributed by atoms with Gasteiger partial charge in [0.2, 0.25) is 5.91 Å². The molecule has 2 rings (SSSR count). The van der Waals surface area contributed by atoms with Crippen LogP contribution in [0.5, 0.6) is 0 Å². The number of nitrogens with one attached hydrogen (secondary N) is 1. The molecule has 0 saturated heterocycles. The highest BCUT2D eigenvalue weighted by Crippen LogP contribution is 2.25. The first-order valence-corrected chi connectivity index (χ1v) is 6.57. The van der Waals surface area contributed by atoms with Crippen molar-refractivity contribution < 1.29 is 4.79 Å².